The van der Waals surface area contributed by atoms with E-state index in [1.54, 1.807) is 0 Å². The maximum atomic E-state index is 14.2. The fourth-order valence-electron chi connectivity index (χ4n) is 8.68. The van der Waals surface area contributed by atoms with Crippen molar-refractivity contribution in [2.75, 3.05) is 12.4 Å². The first kappa shape index (κ1) is 25.6. The number of ether oxygens (including phenoxy) is 1. The molecule has 5 fully saturated rings. The minimum atomic E-state index is -0.776. The molecule has 0 saturated heterocycles. The Morgan fingerprint density at radius 1 is 1.08 bits per heavy atom. The normalized spacial score (nSPS) is 29.3. The van der Waals surface area contributed by atoms with Gasteiger partial charge in [-0.25, -0.2) is 14.2 Å². The van der Waals surface area contributed by atoms with Crippen molar-refractivity contribution >= 4 is 17.6 Å². The first-order chi connectivity index (χ1) is 18.3. The number of aryl methyl sites for hydroxylation is 1. The zero-order chi connectivity index (χ0) is 26.5. The van der Waals surface area contributed by atoms with Crippen molar-refractivity contribution in [1.82, 2.24) is 9.97 Å². The van der Waals surface area contributed by atoms with Crippen LogP contribution in [0.1, 0.15) is 116 Å². The highest BCUT2D eigenvalue weighted by atomic mass is 19.1. The molecule has 0 atom stereocenters. The molecule has 0 radical (unpaired) electrons. The molecule has 6 nitrogen and oxygen atoms in total. The number of benzene rings is 1. The van der Waals surface area contributed by atoms with Gasteiger partial charge in [0.25, 0.3) is 5.91 Å². The third-order valence-electron chi connectivity index (χ3n) is 10.2. The van der Waals surface area contributed by atoms with Crippen molar-refractivity contribution in [2.45, 2.75) is 95.8 Å². The molecule has 7 heteroatoms. The number of amides is 1. The van der Waals surface area contributed by atoms with Gasteiger partial charge in [0.15, 0.2) is 0 Å². The number of hydrogen-bond acceptors (Lipinski definition) is 4. The lowest BCUT2D eigenvalue weighted by Gasteiger charge is -2.57. The molecule has 4 bridgehead atoms. The van der Waals surface area contributed by atoms with Crippen molar-refractivity contribution in [2.24, 2.45) is 23.2 Å². The summed E-state index contributed by atoms with van der Waals surface area (Å²) >= 11 is 0. The smallest absolute Gasteiger partial charge is 0.340 e. The van der Waals surface area contributed by atoms with Gasteiger partial charge in [-0.3, -0.25) is 4.79 Å². The van der Waals surface area contributed by atoms with Gasteiger partial charge in [-0.1, -0.05) is 26.2 Å². The Morgan fingerprint density at radius 3 is 2.37 bits per heavy atom. The summed E-state index contributed by atoms with van der Waals surface area (Å²) < 4.78 is 18.8. The molecule has 2 N–H and O–H groups in total. The van der Waals surface area contributed by atoms with E-state index in [4.69, 9.17) is 4.98 Å². The van der Waals surface area contributed by atoms with E-state index in [1.807, 2.05) is 0 Å². The molecule has 1 aromatic heterocycles. The standard InChI is InChI=1S/C31H40FN3O3/c1-30(9-4-3-5-10-30)29-34-25(8-11-31-16-19-12-20(17-31)14-21(13-19)18-31)26(35-29)27(36)33-22-6-7-24(32)23(15-22)28(37)38-2/h6-7,15,19-21H,3-5,8-14,16-18H2,1-2H3,(H,33,36)(H,34,35). The van der Waals surface area contributed by atoms with E-state index in [2.05, 4.69) is 22.0 Å². The number of rotatable bonds is 7. The van der Waals surface area contributed by atoms with Crippen LogP contribution < -0.4 is 5.32 Å². The number of carbonyl (C=O) groups excluding carboxylic acids is 2. The highest BCUT2D eigenvalue weighted by Crippen LogP contribution is 2.61. The molecular formula is C31H40FN3O3. The van der Waals surface area contributed by atoms with Crippen LogP contribution in [0.5, 0.6) is 0 Å². The summed E-state index contributed by atoms with van der Waals surface area (Å²) in [4.78, 5) is 34.1. The number of H-pyrrole nitrogens is 1. The van der Waals surface area contributed by atoms with E-state index in [9.17, 15) is 14.0 Å². The summed E-state index contributed by atoms with van der Waals surface area (Å²) in [5, 5.41) is 2.87. The molecule has 5 saturated carbocycles. The molecule has 0 spiro atoms. The van der Waals surface area contributed by atoms with Gasteiger partial charge in [0.1, 0.15) is 17.3 Å². The summed E-state index contributed by atoms with van der Waals surface area (Å²) in [6, 6.07) is 3.96. The van der Waals surface area contributed by atoms with Gasteiger partial charge in [0.2, 0.25) is 0 Å². The lowest BCUT2D eigenvalue weighted by atomic mass is 9.48. The molecule has 1 heterocycles. The predicted octanol–water partition coefficient (Wildman–Crippen LogP) is 6.96. The molecule has 204 valence electrons. The summed E-state index contributed by atoms with van der Waals surface area (Å²) in [6.07, 6.45) is 15.9. The maximum absolute atomic E-state index is 14.2. The lowest BCUT2D eigenvalue weighted by molar-refractivity contribution is -0.0570. The average Bonchev–Trinajstić information content (AvgIpc) is 3.33. The van der Waals surface area contributed by atoms with Gasteiger partial charge < -0.3 is 15.0 Å². The van der Waals surface area contributed by atoms with Crippen molar-refractivity contribution in [3.05, 3.63) is 46.8 Å². The van der Waals surface area contributed by atoms with Gasteiger partial charge in [-0.05, 0) is 106 Å². The average molecular weight is 522 g/mol. The van der Waals surface area contributed by atoms with E-state index >= 15 is 0 Å². The van der Waals surface area contributed by atoms with Crippen LogP contribution in [0, 0.1) is 29.0 Å². The summed E-state index contributed by atoms with van der Waals surface area (Å²) in [5.74, 6) is 1.81. The number of imidazole rings is 1. The third kappa shape index (κ3) is 4.77. The first-order valence-electron chi connectivity index (χ1n) is 14.5. The van der Waals surface area contributed by atoms with Crippen molar-refractivity contribution in [1.29, 1.82) is 0 Å². The van der Waals surface area contributed by atoms with Crippen LogP contribution in [0.4, 0.5) is 10.1 Å². The quantitative estimate of drug-likeness (QED) is 0.386. The van der Waals surface area contributed by atoms with Gasteiger partial charge in [0, 0.05) is 16.8 Å². The fraction of sp³-hybridized carbons (Fsp3) is 0.645. The number of methoxy groups -OCH3 is 1. The van der Waals surface area contributed by atoms with E-state index in [0.29, 0.717) is 16.8 Å². The molecule has 1 amide bonds. The molecule has 38 heavy (non-hydrogen) atoms. The Kier molecular flexibility index (Phi) is 6.59. The Balaban J connectivity index is 1.26. The zero-order valence-corrected chi connectivity index (χ0v) is 22.7. The summed E-state index contributed by atoms with van der Waals surface area (Å²) in [7, 11) is 1.21. The number of esters is 1. The number of aromatic amines is 1. The van der Waals surface area contributed by atoms with Crippen LogP contribution in [0.25, 0.3) is 0 Å². The molecule has 0 unspecified atom stereocenters. The van der Waals surface area contributed by atoms with Crippen LogP contribution in [-0.4, -0.2) is 29.0 Å². The topological polar surface area (TPSA) is 84.1 Å². The molecule has 1 aromatic carbocycles. The van der Waals surface area contributed by atoms with E-state index in [1.165, 1.54) is 83.1 Å². The molecule has 5 aliphatic rings. The van der Waals surface area contributed by atoms with Crippen LogP contribution >= 0.6 is 0 Å². The molecular weight excluding hydrogens is 481 g/mol. The molecule has 5 aliphatic carbocycles. The van der Waals surface area contributed by atoms with Crippen LogP contribution in [0.3, 0.4) is 0 Å². The zero-order valence-electron chi connectivity index (χ0n) is 22.7. The largest absolute Gasteiger partial charge is 0.465 e. The summed E-state index contributed by atoms with van der Waals surface area (Å²) in [6.45, 7) is 2.26. The van der Waals surface area contributed by atoms with Crippen molar-refractivity contribution in [3.8, 4) is 0 Å². The lowest BCUT2D eigenvalue weighted by Crippen LogP contribution is -2.46. The van der Waals surface area contributed by atoms with Crippen LogP contribution in [-0.2, 0) is 16.6 Å². The first-order valence-corrected chi connectivity index (χ1v) is 14.5. The van der Waals surface area contributed by atoms with Gasteiger partial charge >= 0.3 is 5.97 Å². The van der Waals surface area contributed by atoms with Gasteiger partial charge in [0.05, 0.1) is 12.7 Å². The number of halogens is 1. The number of aromatic nitrogens is 2. The number of nitrogens with one attached hydrogen (secondary N) is 2. The maximum Gasteiger partial charge on any atom is 0.340 e. The highest BCUT2D eigenvalue weighted by molar-refractivity contribution is 6.04. The van der Waals surface area contributed by atoms with E-state index in [0.717, 1.165) is 55.0 Å². The predicted molar refractivity (Wildman–Crippen MR) is 144 cm³/mol. The van der Waals surface area contributed by atoms with E-state index < -0.39 is 11.8 Å². The number of hydrogen-bond donors (Lipinski definition) is 2. The second-order valence-corrected chi connectivity index (χ2v) is 13.1. The monoisotopic (exact) mass is 521 g/mol. The number of nitrogens with zero attached hydrogens (tertiary/aromatic N) is 1. The Labute approximate surface area is 224 Å². The molecule has 0 aliphatic heterocycles. The SMILES string of the molecule is COC(=O)c1cc(NC(=O)c2nc(C3(C)CCCCC3)[nH]c2CCC23CC4CC(CC(C4)C2)C3)ccc1F. The fourth-order valence-corrected chi connectivity index (χ4v) is 8.68. The Morgan fingerprint density at radius 2 is 1.74 bits per heavy atom. The Hall–Kier alpha value is -2.70. The highest BCUT2D eigenvalue weighted by Gasteiger charge is 2.50. The number of carbonyl (C=O) groups is 2. The van der Waals surface area contributed by atoms with Gasteiger partial charge in [-0.15, -0.1) is 0 Å². The summed E-state index contributed by atoms with van der Waals surface area (Å²) in [5.41, 5.74) is 1.84. The Bertz CT molecular complexity index is 1190. The second kappa shape index (κ2) is 9.80. The number of anilines is 1. The van der Waals surface area contributed by atoms with Crippen LogP contribution in [0.2, 0.25) is 0 Å². The minimum absolute atomic E-state index is 0.0554. The van der Waals surface area contributed by atoms with Crippen LogP contribution in [0.15, 0.2) is 18.2 Å². The van der Waals surface area contributed by atoms with Crippen molar-refractivity contribution < 1.29 is 18.7 Å². The third-order valence-corrected chi connectivity index (χ3v) is 10.2. The second-order valence-electron chi connectivity index (χ2n) is 13.1. The van der Waals surface area contributed by atoms with Gasteiger partial charge in [-0.2, -0.15) is 0 Å². The minimum Gasteiger partial charge on any atom is -0.465 e. The van der Waals surface area contributed by atoms with Crippen molar-refractivity contribution in [3.63, 3.8) is 0 Å². The molecule has 2 aromatic rings. The molecule has 7 rings (SSSR count). The van der Waals surface area contributed by atoms with E-state index in [-0.39, 0.29) is 16.9 Å².